The molecule has 0 aromatic carbocycles. The lowest BCUT2D eigenvalue weighted by atomic mass is 10.1. The second-order valence-electron chi connectivity index (χ2n) is 5.27. The highest BCUT2D eigenvalue weighted by molar-refractivity contribution is 5.13. The van der Waals surface area contributed by atoms with Gasteiger partial charge in [0, 0.05) is 12.1 Å². The van der Waals surface area contributed by atoms with E-state index < -0.39 is 24.8 Å². The molecule has 0 saturated heterocycles. The van der Waals surface area contributed by atoms with Gasteiger partial charge >= 0.3 is 6.18 Å². The molecule has 0 aliphatic heterocycles. The number of furan rings is 1. The van der Waals surface area contributed by atoms with E-state index in [1.54, 1.807) is 26.0 Å². The second-order valence-corrected chi connectivity index (χ2v) is 5.27. The Hall–Kier alpha value is -1.01. The largest absolute Gasteiger partial charge is 0.465 e. The van der Waals surface area contributed by atoms with Crippen molar-refractivity contribution in [2.75, 3.05) is 6.54 Å². The van der Waals surface area contributed by atoms with E-state index in [2.05, 4.69) is 0 Å². The van der Waals surface area contributed by atoms with Crippen molar-refractivity contribution >= 4 is 0 Å². The molecule has 2 atom stereocenters. The van der Waals surface area contributed by atoms with Gasteiger partial charge in [0.25, 0.3) is 0 Å². The molecule has 2 N–H and O–H groups in total. The van der Waals surface area contributed by atoms with E-state index in [0.29, 0.717) is 11.5 Å². The van der Waals surface area contributed by atoms with Crippen molar-refractivity contribution in [1.29, 1.82) is 0 Å². The van der Waals surface area contributed by atoms with Crippen LogP contribution in [0.5, 0.6) is 0 Å². The number of rotatable bonds is 5. The molecule has 0 bridgehead atoms. The Balaban J connectivity index is 2.24. The highest BCUT2D eigenvalue weighted by atomic mass is 19.4. The molecule has 1 saturated carbocycles. The maximum atomic E-state index is 12.7. The van der Waals surface area contributed by atoms with Crippen LogP contribution in [0.4, 0.5) is 13.2 Å². The number of halogens is 3. The van der Waals surface area contributed by atoms with Crippen LogP contribution in [0.15, 0.2) is 16.5 Å². The monoisotopic (exact) mass is 276 g/mol. The topological polar surface area (TPSA) is 42.4 Å². The number of aryl methyl sites for hydroxylation is 1. The molecule has 1 aliphatic rings. The summed E-state index contributed by atoms with van der Waals surface area (Å²) in [4.78, 5) is 1.43. The molecular formula is C13H19F3N2O. The van der Waals surface area contributed by atoms with E-state index in [-0.39, 0.29) is 6.04 Å². The molecule has 2 rings (SSSR count). The molecule has 19 heavy (non-hydrogen) atoms. The lowest BCUT2D eigenvalue weighted by Gasteiger charge is -2.33. The maximum Gasteiger partial charge on any atom is 0.401 e. The zero-order valence-electron chi connectivity index (χ0n) is 11.1. The SMILES string of the molecule is Cc1ccc(C(C(C)N)N(CC(F)(F)F)C2CC2)o1. The predicted molar refractivity (Wildman–Crippen MR) is 65.6 cm³/mol. The predicted octanol–water partition coefficient (Wildman–Crippen LogP) is 3.00. The summed E-state index contributed by atoms with van der Waals surface area (Å²) in [5, 5.41) is 0. The van der Waals surface area contributed by atoms with Crippen LogP contribution >= 0.6 is 0 Å². The average Bonchev–Trinajstić information content (AvgIpc) is 3.00. The first-order chi connectivity index (χ1) is 8.78. The molecule has 1 heterocycles. The normalized spacial score (nSPS) is 19.7. The Morgan fingerprint density at radius 1 is 1.42 bits per heavy atom. The molecule has 0 spiro atoms. The van der Waals surface area contributed by atoms with Crippen molar-refractivity contribution in [1.82, 2.24) is 4.90 Å². The Morgan fingerprint density at radius 2 is 2.05 bits per heavy atom. The van der Waals surface area contributed by atoms with Crippen LogP contribution in [0, 0.1) is 6.92 Å². The van der Waals surface area contributed by atoms with E-state index in [1.165, 1.54) is 4.90 Å². The van der Waals surface area contributed by atoms with Crippen LogP contribution in [0.2, 0.25) is 0 Å². The smallest absolute Gasteiger partial charge is 0.401 e. The van der Waals surface area contributed by atoms with E-state index >= 15 is 0 Å². The third-order valence-electron chi connectivity index (χ3n) is 3.29. The number of hydrogen-bond acceptors (Lipinski definition) is 3. The summed E-state index contributed by atoms with van der Waals surface area (Å²) in [6.45, 7) is 2.55. The highest BCUT2D eigenvalue weighted by Gasteiger charge is 2.43. The summed E-state index contributed by atoms with van der Waals surface area (Å²) in [6, 6.07) is 2.48. The van der Waals surface area contributed by atoms with Gasteiger partial charge in [-0.3, -0.25) is 4.90 Å². The summed E-state index contributed by atoms with van der Waals surface area (Å²) >= 11 is 0. The molecule has 0 radical (unpaired) electrons. The van der Waals surface area contributed by atoms with Crippen molar-refractivity contribution in [3.05, 3.63) is 23.7 Å². The van der Waals surface area contributed by atoms with Crippen LogP contribution in [0.1, 0.15) is 37.3 Å². The first kappa shape index (κ1) is 14.4. The number of nitrogens with zero attached hydrogens (tertiary/aromatic N) is 1. The fourth-order valence-corrected chi connectivity index (χ4v) is 2.40. The van der Waals surface area contributed by atoms with Crippen molar-refractivity contribution in [2.45, 2.75) is 51.0 Å². The molecular weight excluding hydrogens is 257 g/mol. The lowest BCUT2D eigenvalue weighted by Crippen LogP contribution is -2.45. The first-order valence-corrected chi connectivity index (χ1v) is 6.42. The first-order valence-electron chi connectivity index (χ1n) is 6.42. The summed E-state index contributed by atoms with van der Waals surface area (Å²) < 4.78 is 43.7. The van der Waals surface area contributed by atoms with Crippen LogP contribution in [0.25, 0.3) is 0 Å². The van der Waals surface area contributed by atoms with Gasteiger partial charge in [-0.25, -0.2) is 0 Å². The van der Waals surface area contributed by atoms with Crippen molar-refractivity contribution < 1.29 is 17.6 Å². The zero-order chi connectivity index (χ0) is 14.2. The third-order valence-corrected chi connectivity index (χ3v) is 3.29. The van der Waals surface area contributed by atoms with Crippen LogP contribution in [-0.4, -0.2) is 29.7 Å². The molecule has 2 unspecified atom stereocenters. The van der Waals surface area contributed by atoms with Gasteiger partial charge < -0.3 is 10.2 Å². The summed E-state index contributed by atoms with van der Waals surface area (Å²) in [5.74, 6) is 1.20. The molecule has 3 nitrogen and oxygen atoms in total. The number of nitrogens with two attached hydrogens (primary N) is 1. The van der Waals surface area contributed by atoms with E-state index in [4.69, 9.17) is 10.2 Å². The van der Waals surface area contributed by atoms with E-state index in [1.807, 2.05) is 0 Å². The van der Waals surface area contributed by atoms with Crippen LogP contribution in [0.3, 0.4) is 0 Å². The van der Waals surface area contributed by atoms with Gasteiger partial charge in [0.05, 0.1) is 12.6 Å². The third kappa shape index (κ3) is 3.73. The van der Waals surface area contributed by atoms with Gasteiger partial charge in [0.1, 0.15) is 11.5 Å². The lowest BCUT2D eigenvalue weighted by molar-refractivity contribution is -0.154. The van der Waals surface area contributed by atoms with E-state index in [9.17, 15) is 13.2 Å². The van der Waals surface area contributed by atoms with Gasteiger partial charge in [-0.2, -0.15) is 13.2 Å². The molecule has 1 aromatic heterocycles. The Labute approximate surface area is 110 Å². The van der Waals surface area contributed by atoms with E-state index in [0.717, 1.165) is 12.8 Å². The summed E-state index contributed by atoms with van der Waals surface area (Å²) in [6.07, 6.45) is -2.64. The van der Waals surface area contributed by atoms with Gasteiger partial charge in [-0.15, -0.1) is 0 Å². The number of alkyl halides is 3. The average molecular weight is 276 g/mol. The molecule has 1 aromatic rings. The molecule has 108 valence electrons. The number of hydrogen-bond donors (Lipinski definition) is 1. The highest BCUT2D eigenvalue weighted by Crippen LogP contribution is 2.38. The standard InChI is InChI=1S/C13H19F3N2O/c1-8-3-6-11(19-8)12(9(2)17)18(10-4-5-10)7-13(14,15)16/h3,6,9-10,12H,4-5,7,17H2,1-2H3. The van der Waals surface area contributed by atoms with Crippen LogP contribution < -0.4 is 5.73 Å². The maximum absolute atomic E-state index is 12.7. The van der Waals surface area contributed by atoms with Crippen LogP contribution in [-0.2, 0) is 0 Å². The quantitative estimate of drug-likeness (QED) is 0.899. The minimum atomic E-state index is -4.22. The minimum absolute atomic E-state index is 0.0389. The van der Waals surface area contributed by atoms with Crippen molar-refractivity contribution in [3.63, 3.8) is 0 Å². The molecule has 1 fully saturated rings. The van der Waals surface area contributed by atoms with Gasteiger partial charge in [0.2, 0.25) is 0 Å². The van der Waals surface area contributed by atoms with Crippen molar-refractivity contribution in [3.8, 4) is 0 Å². The Bertz CT molecular complexity index is 424. The fourth-order valence-electron chi connectivity index (χ4n) is 2.40. The Kier molecular flexibility index (Phi) is 3.92. The second kappa shape index (κ2) is 5.17. The summed E-state index contributed by atoms with van der Waals surface area (Å²) in [5.41, 5.74) is 5.89. The van der Waals surface area contributed by atoms with Gasteiger partial charge in [-0.05, 0) is 38.8 Å². The van der Waals surface area contributed by atoms with Gasteiger partial charge in [-0.1, -0.05) is 0 Å². The Morgan fingerprint density at radius 3 is 2.42 bits per heavy atom. The molecule has 1 aliphatic carbocycles. The summed E-state index contributed by atoms with van der Waals surface area (Å²) in [7, 11) is 0. The molecule has 6 heteroatoms. The fraction of sp³-hybridized carbons (Fsp3) is 0.692. The zero-order valence-corrected chi connectivity index (χ0v) is 11.1. The van der Waals surface area contributed by atoms with Crippen molar-refractivity contribution in [2.24, 2.45) is 5.73 Å². The van der Waals surface area contributed by atoms with Gasteiger partial charge in [0.15, 0.2) is 0 Å². The molecule has 0 amide bonds. The minimum Gasteiger partial charge on any atom is -0.465 e.